The first-order chi connectivity index (χ1) is 12.5. The lowest BCUT2D eigenvalue weighted by Gasteiger charge is -2.10. The third kappa shape index (κ3) is 7.17. The molecule has 1 heterocycles. The van der Waals surface area contributed by atoms with E-state index in [2.05, 4.69) is 15.6 Å². The van der Waals surface area contributed by atoms with Crippen molar-refractivity contribution in [2.45, 2.75) is 26.4 Å². The van der Waals surface area contributed by atoms with Gasteiger partial charge in [-0.05, 0) is 49.2 Å². The molecular weight excluding hydrogens is 330 g/mol. The summed E-state index contributed by atoms with van der Waals surface area (Å²) in [7, 11) is 0. The van der Waals surface area contributed by atoms with Crippen molar-refractivity contribution >= 4 is 17.9 Å². The predicted octanol–water partition coefficient (Wildman–Crippen LogP) is 2.31. The minimum atomic E-state index is -0.198. The molecular formula is C20H23N3O3. The minimum absolute atomic E-state index is 0.0447. The summed E-state index contributed by atoms with van der Waals surface area (Å²) in [5.41, 5.74) is 1.74. The molecule has 0 radical (unpaired) electrons. The third-order valence-corrected chi connectivity index (χ3v) is 3.29. The average molecular weight is 353 g/mol. The van der Waals surface area contributed by atoms with Crippen molar-refractivity contribution in [2.75, 3.05) is 6.61 Å². The Morgan fingerprint density at radius 3 is 2.81 bits per heavy atom. The second-order valence-corrected chi connectivity index (χ2v) is 6.00. The molecule has 0 bridgehead atoms. The molecule has 1 aromatic carbocycles. The van der Waals surface area contributed by atoms with Crippen LogP contribution in [0.5, 0.6) is 5.75 Å². The van der Waals surface area contributed by atoms with Gasteiger partial charge >= 0.3 is 0 Å². The molecule has 0 aliphatic heterocycles. The highest BCUT2D eigenvalue weighted by Crippen LogP contribution is 2.14. The second kappa shape index (κ2) is 9.98. The predicted molar refractivity (Wildman–Crippen MR) is 100 cm³/mol. The lowest BCUT2D eigenvalue weighted by atomic mass is 10.2. The Hall–Kier alpha value is -3.15. The molecule has 2 rings (SSSR count). The molecule has 0 spiro atoms. The second-order valence-electron chi connectivity index (χ2n) is 6.00. The summed E-state index contributed by atoms with van der Waals surface area (Å²) in [6.07, 6.45) is 6.55. The summed E-state index contributed by atoms with van der Waals surface area (Å²) >= 11 is 0. The number of hydrogen-bond donors (Lipinski definition) is 2. The van der Waals surface area contributed by atoms with Crippen LogP contribution >= 0.6 is 0 Å². The summed E-state index contributed by atoms with van der Waals surface area (Å²) in [5.74, 6) is 0.203. The number of hydrogen-bond acceptors (Lipinski definition) is 4. The Bertz CT molecular complexity index is 758. The van der Waals surface area contributed by atoms with Gasteiger partial charge in [-0.3, -0.25) is 14.6 Å². The van der Waals surface area contributed by atoms with Gasteiger partial charge in [0.15, 0.2) is 6.61 Å². The topological polar surface area (TPSA) is 80.3 Å². The van der Waals surface area contributed by atoms with Crippen LogP contribution in [0.2, 0.25) is 0 Å². The van der Waals surface area contributed by atoms with Crippen LogP contribution in [-0.2, 0) is 16.1 Å². The van der Waals surface area contributed by atoms with Crippen LogP contribution in [0.3, 0.4) is 0 Å². The van der Waals surface area contributed by atoms with Gasteiger partial charge in [0, 0.05) is 31.1 Å². The highest BCUT2D eigenvalue weighted by atomic mass is 16.5. The number of benzene rings is 1. The summed E-state index contributed by atoms with van der Waals surface area (Å²) in [6, 6.07) is 11.0. The van der Waals surface area contributed by atoms with Crippen LogP contribution in [0.4, 0.5) is 0 Å². The van der Waals surface area contributed by atoms with Crippen LogP contribution in [0.15, 0.2) is 54.9 Å². The van der Waals surface area contributed by atoms with E-state index in [0.29, 0.717) is 12.3 Å². The largest absolute Gasteiger partial charge is 0.484 e. The van der Waals surface area contributed by atoms with Gasteiger partial charge in [0.2, 0.25) is 5.91 Å². The molecule has 6 nitrogen and oxygen atoms in total. The summed E-state index contributed by atoms with van der Waals surface area (Å²) in [6.45, 7) is 4.16. The molecule has 2 aromatic rings. The summed E-state index contributed by atoms with van der Waals surface area (Å²) in [4.78, 5) is 27.5. The van der Waals surface area contributed by atoms with Crippen molar-refractivity contribution in [1.29, 1.82) is 0 Å². The monoisotopic (exact) mass is 353 g/mol. The molecule has 6 heteroatoms. The van der Waals surface area contributed by atoms with E-state index in [-0.39, 0.29) is 24.5 Å². The van der Waals surface area contributed by atoms with Crippen LogP contribution in [0, 0.1) is 0 Å². The van der Waals surface area contributed by atoms with Crippen molar-refractivity contribution in [2.24, 2.45) is 0 Å². The fourth-order valence-corrected chi connectivity index (χ4v) is 2.14. The first-order valence-corrected chi connectivity index (χ1v) is 8.40. The molecule has 0 aliphatic rings. The molecule has 0 fully saturated rings. The zero-order chi connectivity index (χ0) is 18.8. The number of ether oxygens (including phenoxy) is 1. The van der Waals surface area contributed by atoms with Gasteiger partial charge in [-0.15, -0.1) is 0 Å². The van der Waals surface area contributed by atoms with E-state index in [1.807, 2.05) is 38.1 Å². The van der Waals surface area contributed by atoms with Gasteiger partial charge in [0.25, 0.3) is 5.91 Å². The van der Waals surface area contributed by atoms with Crippen LogP contribution in [0.1, 0.15) is 25.0 Å². The van der Waals surface area contributed by atoms with Crippen LogP contribution < -0.4 is 15.4 Å². The molecule has 26 heavy (non-hydrogen) atoms. The molecule has 0 aliphatic carbocycles. The smallest absolute Gasteiger partial charge is 0.258 e. The highest BCUT2D eigenvalue weighted by molar-refractivity contribution is 5.91. The maximum absolute atomic E-state index is 11.9. The first kappa shape index (κ1) is 19.2. The van der Waals surface area contributed by atoms with Crippen molar-refractivity contribution in [3.8, 4) is 5.75 Å². The maximum Gasteiger partial charge on any atom is 0.258 e. The normalized spacial score (nSPS) is 10.7. The van der Waals surface area contributed by atoms with Crippen LogP contribution in [-0.4, -0.2) is 29.4 Å². The van der Waals surface area contributed by atoms with E-state index in [9.17, 15) is 9.59 Å². The van der Waals surface area contributed by atoms with Gasteiger partial charge in [-0.25, -0.2) is 0 Å². The Balaban J connectivity index is 1.84. The lowest BCUT2D eigenvalue weighted by Crippen LogP contribution is -2.34. The van der Waals surface area contributed by atoms with Gasteiger partial charge in [0.1, 0.15) is 5.75 Å². The number of carbonyl (C=O) groups is 2. The zero-order valence-electron chi connectivity index (χ0n) is 14.9. The Morgan fingerprint density at radius 2 is 2.08 bits per heavy atom. The third-order valence-electron chi connectivity index (χ3n) is 3.29. The van der Waals surface area contributed by atoms with E-state index in [1.54, 1.807) is 30.6 Å². The van der Waals surface area contributed by atoms with E-state index in [0.717, 1.165) is 11.1 Å². The van der Waals surface area contributed by atoms with E-state index < -0.39 is 0 Å². The van der Waals surface area contributed by atoms with Crippen molar-refractivity contribution in [1.82, 2.24) is 15.6 Å². The highest BCUT2D eigenvalue weighted by Gasteiger charge is 2.04. The van der Waals surface area contributed by atoms with E-state index >= 15 is 0 Å². The molecule has 0 saturated heterocycles. The Kier molecular flexibility index (Phi) is 7.36. The number of nitrogens with zero attached hydrogens (tertiary/aromatic N) is 1. The van der Waals surface area contributed by atoms with Crippen molar-refractivity contribution in [3.05, 3.63) is 66.0 Å². The Morgan fingerprint density at radius 1 is 1.23 bits per heavy atom. The maximum atomic E-state index is 11.9. The summed E-state index contributed by atoms with van der Waals surface area (Å²) < 4.78 is 5.47. The van der Waals surface area contributed by atoms with E-state index in [1.165, 1.54) is 6.08 Å². The minimum Gasteiger partial charge on any atom is -0.484 e. The molecule has 0 unspecified atom stereocenters. The molecule has 2 amide bonds. The summed E-state index contributed by atoms with van der Waals surface area (Å²) in [5, 5.41) is 5.55. The zero-order valence-corrected chi connectivity index (χ0v) is 14.9. The number of amides is 2. The van der Waals surface area contributed by atoms with Gasteiger partial charge in [0.05, 0.1) is 0 Å². The number of nitrogens with one attached hydrogen (secondary N) is 2. The quantitative estimate of drug-likeness (QED) is 0.714. The fourth-order valence-electron chi connectivity index (χ4n) is 2.14. The molecule has 136 valence electrons. The number of carbonyl (C=O) groups excluding carboxylic acids is 2. The van der Waals surface area contributed by atoms with Crippen molar-refractivity contribution in [3.63, 3.8) is 0 Å². The van der Waals surface area contributed by atoms with Gasteiger partial charge in [-0.2, -0.15) is 0 Å². The van der Waals surface area contributed by atoms with Crippen molar-refractivity contribution < 1.29 is 14.3 Å². The van der Waals surface area contributed by atoms with Gasteiger partial charge in [-0.1, -0.05) is 18.2 Å². The number of rotatable bonds is 8. The molecule has 1 aromatic heterocycles. The van der Waals surface area contributed by atoms with Crippen LogP contribution in [0.25, 0.3) is 6.08 Å². The number of aromatic nitrogens is 1. The average Bonchev–Trinajstić information content (AvgIpc) is 2.64. The number of pyridine rings is 1. The molecule has 0 saturated carbocycles. The Labute approximate surface area is 153 Å². The molecule has 2 N–H and O–H groups in total. The first-order valence-electron chi connectivity index (χ1n) is 8.40. The lowest BCUT2D eigenvalue weighted by molar-refractivity contribution is -0.123. The van der Waals surface area contributed by atoms with Gasteiger partial charge < -0.3 is 15.4 Å². The molecule has 0 atom stereocenters. The van der Waals surface area contributed by atoms with E-state index in [4.69, 9.17) is 4.74 Å². The SMILES string of the molecule is CC(C)NC(=O)COc1cccc(/C=C/C(=O)NCc2cccnc2)c1. The fraction of sp³-hybridized carbons (Fsp3) is 0.250. The standard InChI is InChI=1S/C20H23N3O3/c1-15(2)23-20(25)14-26-18-7-3-5-16(11-18)8-9-19(24)22-13-17-6-4-10-21-12-17/h3-12,15H,13-14H2,1-2H3,(H,22,24)(H,23,25)/b9-8+.